The molecular weight excluding hydrogens is 879 g/mol. The van der Waals surface area contributed by atoms with Gasteiger partial charge in [0.05, 0.1) is 25.6 Å². The third-order valence-corrected chi connectivity index (χ3v) is 13.3. The molecule has 2 aromatic rings. The van der Waals surface area contributed by atoms with E-state index >= 15 is 0 Å². The van der Waals surface area contributed by atoms with Gasteiger partial charge in [-0.15, -0.1) is 0 Å². The van der Waals surface area contributed by atoms with Crippen molar-refractivity contribution in [1.82, 2.24) is 30.2 Å². The Balaban J connectivity index is 1.40. The van der Waals surface area contributed by atoms with E-state index in [-0.39, 0.29) is 35.9 Å². The van der Waals surface area contributed by atoms with Gasteiger partial charge in [0, 0.05) is 36.4 Å². The van der Waals surface area contributed by atoms with Gasteiger partial charge >= 0.3 is 23.5 Å². The molecular formula is C32H58N7O17P3S. The lowest BCUT2D eigenvalue weighted by Crippen LogP contribution is -2.46. The minimum absolute atomic E-state index is 0.0357. The summed E-state index contributed by atoms with van der Waals surface area (Å²) in [6.45, 7) is 2.92. The Bertz CT molecular complexity index is 1820. The van der Waals surface area contributed by atoms with Gasteiger partial charge in [-0.25, -0.2) is 28.6 Å². The Morgan fingerprint density at radius 2 is 1.65 bits per heavy atom. The number of nitrogens with zero attached hydrogens (tertiary/aromatic N) is 4. The molecule has 2 unspecified atom stereocenters. The number of rotatable bonds is 29. The van der Waals surface area contributed by atoms with Gasteiger partial charge in [-0.3, -0.25) is 27.7 Å². The first kappa shape index (κ1) is 52.2. The number of phosphoric ester groups is 3. The SMILES string of the molecule is CCCCCCCCC[C@@H](O)CSCCNC(=O)CCNC(=O)[C@H](O)C(C)(C)COP(=O)(O)OP(=O)(O)OC[C@H]1O[C@@H](n2cnc3c(N)ncnc32)[C@H](O)[C@@H]1OP(=O)(O)O. The molecule has 0 saturated carbocycles. The number of nitrogen functional groups attached to an aromatic ring is 1. The third-order valence-electron chi connectivity index (χ3n) is 9.10. The van der Waals surface area contributed by atoms with Crippen molar-refractivity contribution in [2.24, 2.45) is 5.41 Å². The maximum absolute atomic E-state index is 12.7. The molecule has 3 rings (SSSR count). The normalized spacial score (nSPS) is 21.6. The van der Waals surface area contributed by atoms with Crippen LogP contribution in [0.2, 0.25) is 0 Å². The highest BCUT2D eigenvalue weighted by atomic mass is 32.2. The van der Waals surface area contributed by atoms with Crippen LogP contribution in [0.5, 0.6) is 0 Å². The summed E-state index contributed by atoms with van der Waals surface area (Å²) < 4.78 is 62.3. The second-order valence-corrected chi connectivity index (χ2v) is 20.1. The first-order chi connectivity index (χ1) is 28.1. The molecule has 8 atom stereocenters. The zero-order valence-corrected chi connectivity index (χ0v) is 37.1. The fourth-order valence-electron chi connectivity index (χ4n) is 5.84. The van der Waals surface area contributed by atoms with Crippen molar-refractivity contribution in [2.45, 2.75) is 115 Å². The molecule has 3 heterocycles. The van der Waals surface area contributed by atoms with Gasteiger partial charge in [-0.2, -0.15) is 16.1 Å². The third kappa shape index (κ3) is 17.5. The number of thioether (sulfide) groups is 1. The summed E-state index contributed by atoms with van der Waals surface area (Å²) in [6.07, 6.45) is 1.73. The highest BCUT2D eigenvalue weighted by Crippen LogP contribution is 2.61. The number of aliphatic hydroxyl groups is 3. The summed E-state index contributed by atoms with van der Waals surface area (Å²) in [4.78, 5) is 75.9. The smallest absolute Gasteiger partial charge is 0.392 e. The van der Waals surface area contributed by atoms with Crippen molar-refractivity contribution in [1.29, 1.82) is 0 Å². The van der Waals surface area contributed by atoms with E-state index in [9.17, 15) is 58.2 Å². The molecule has 344 valence electrons. The zero-order chi connectivity index (χ0) is 44.7. The number of aliphatic hydroxyl groups excluding tert-OH is 3. The predicted octanol–water partition coefficient (Wildman–Crippen LogP) is 1.64. The predicted molar refractivity (Wildman–Crippen MR) is 216 cm³/mol. The Morgan fingerprint density at radius 3 is 2.33 bits per heavy atom. The first-order valence-corrected chi connectivity index (χ1v) is 24.9. The van der Waals surface area contributed by atoms with Crippen LogP contribution < -0.4 is 16.4 Å². The molecule has 1 aliphatic heterocycles. The van der Waals surface area contributed by atoms with Crippen LogP contribution in [0.1, 0.15) is 84.8 Å². The summed E-state index contributed by atoms with van der Waals surface area (Å²) in [5.74, 6) is -0.202. The van der Waals surface area contributed by atoms with E-state index < -0.39 is 84.8 Å². The van der Waals surface area contributed by atoms with Crippen molar-refractivity contribution in [3.63, 3.8) is 0 Å². The van der Waals surface area contributed by atoms with E-state index in [1.54, 1.807) is 0 Å². The number of hydrogen-bond donors (Lipinski definition) is 10. The van der Waals surface area contributed by atoms with Gasteiger partial charge in [0.2, 0.25) is 11.8 Å². The van der Waals surface area contributed by atoms with Crippen LogP contribution in [0.15, 0.2) is 12.7 Å². The van der Waals surface area contributed by atoms with Crippen molar-refractivity contribution in [3.8, 4) is 0 Å². The summed E-state index contributed by atoms with van der Waals surface area (Å²) in [6, 6.07) is 0. The van der Waals surface area contributed by atoms with E-state index in [0.717, 1.165) is 36.5 Å². The van der Waals surface area contributed by atoms with Crippen LogP contribution in [0.3, 0.4) is 0 Å². The van der Waals surface area contributed by atoms with Crippen molar-refractivity contribution < 1.29 is 80.8 Å². The minimum atomic E-state index is -5.56. The Kier molecular flexibility index (Phi) is 20.9. The molecule has 28 heteroatoms. The fourth-order valence-corrected chi connectivity index (χ4v) is 9.52. The quantitative estimate of drug-likeness (QED) is 0.0409. The zero-order valence-electron chi connectivity index (χ0n) is 33.6. The van der Waals surface area contributed by atoms with E-state index in [0.29, 0.717) is 18.1 Å². The number of phosphoric acid groups is 3. The van der Waals surface area contributed by atoms with Crippen LogP contribution in [-0.4, -0.2) is 135 Å². The van der Waals surface area contributed by atoms with Crippen molar-refractivity contribution >= 4 is 64.0 Å². The summed E-state index contributed by atoms with van der Waals surface area (Å²) >= 11 is 1.52. The molecule has 1 fully saturated rings. The van der Waals surface area contributed by atoms with Crippen LogP contribution in [0, 0.1) is 5.41 Å². The number of aromatic nitrogens is 4. The van der Waals surface area contributed by atoms with Crippen molar-refractivity contribution in [2.75, 3.05) is 43.5 Å². The molecule has 11 N–H and O–H groups in total. The monoisotopic (exact) mass is 937 g/mol. The Morgan fingerprint density at radius 1 is 0.983 bits per heavy atom. The molecule has 0 aliphatic carbocycles. The maximum Gasteiger partial charge on any atom is 0.481 e. The number of imidazole rings is 1. The van der Waals surface area contributed by atoms with Gasteiger partial charge in [-0.05, 0) is 6.42 Å². The van der Waals surface area contributed by atoms with E-state index in [1.807, 2.05) is 0 Å². The van der Waals surface area contributed by atoms with Crippen LogP contribution >= 0.6 is 35.2 Å². The number of ether oxygens (including phenoxy) is 1. The average molecular weight is 938 g/mol. The first-order valence-electron chi connectivity index (χ1n) is 19.2. The van der Waals surface area contributed by atoms with Crippen LogP contribution in [0.4, 0.5) is 5.82 Å². The molecule has 1 saturated heterocycles. The molecule has 2 aromatic heterocycles. The number of carbonyl (C=O) groups excluding carboxylic acids is 2. The maximum atomic E-state index is 12.7. The van der Waals surface area contributed by atoms with Gasteiger partial charge < -0.3 is 56.0 Å². The minimum Gasteiger partial charge on any atom is -0.392 e. The molecule has 1 aliphatic rings. The fraction of sp³-hybridized carbons (Fsp3) is 0.781. The lowest BCUT2D eigenvalue weighted by molar-refractivity contribution is -0.137. The molecule has 60 heavy (non-hydrogen) atoms. The summed E-state index contributed by atoms with van der Waals surface area (Å²) in [7, 11) is -16.4. The van der Waals surface area contributed by atoms with Crippen molar-refractivity contribution in [3.05, 3.63) is 12.7 Å². The number of unbranched alkanes of at least 4 members (excludes halogenated alkanes) is 6. The molecule has 0 aromatic carbocycles. The van der Waals surface area contributed by atoms with E-state index in [1.165, 1.54) is 57.7 Å². The van der Waals surface area contributed by atoms with Gasteiger partial charge in [0.15, 0.2) is 17.7 Å². The van der Waals surface area contributed by atoms with Gasteiger partial charge in [0.1, 0.15) is 36.3 Å². The van der Waals surface area contributed by atoms with E-state index in [2.05, 4.69) is 41.3 Å². The summed E-state index contributed by atoms with van der Waals surface area (Å²) in [5, 5.41) is 36.8. The number of fused-ring (bicyclic) bond motifs is 1. The molecule has 0 bridgehead atoms. The topological polar surface area (TPSA) is 367 Å². The lowest BCUT2D eigenvalue weighted by Gasteiger charge is -2.30. The highest BCUT2D eigenvalue weighted by Gasteiger charge is 2.50. The lowest BCUT2D eigenvalue weighted by atomic mass is 9.87. The standard InChI is InChI=1S/C32H58N7O17P3S/c1-4-5-6-7-8-9-10-11-21(40)17-60-15-14-34-23(41)12-13-35-30(44)27(43)32(2,3)18-53-59(50,51)56-58(48,49)52-16-22-26(55-57(45,46)47)25(42)31(54-22)39-20-38-24-28(33)36-19-37-29(24)39/h19-22,25-27,31,40,42-43H,4-18H2,1-3H3,(H,34,41)(H,35,44)(H,48,49)(H,50,51)(H2,33,36,37)(H2,45,46,47)/t21-,22-,25-,26-,27+,31-/m1/s1. The largest absolute Gasteiger partial charge is 0.481 e. The Hall–Kier alpha value is -2.15. The van der Waals surface area contributed by atoms with Crippen LogP contribution in [0.25, 0.3) is 11.2 Å². The molecule has 2 amide bonds. The Labute approximate surface area is 351 Å². The van der Waals surface area contributed by atoms with E-state index in [4.69, 9.17) is 19.5 Å². The van der Waals surface area contributed by atoms with Crippen LogP contribution in [-0.2, 0) is 45.9 Å². The average Bonchev–Trinajstić information content (AvgIpc) is 3.72. The van der Waals surface area contributed by atoms with Gasteiger partial charge in [-0.1, -0.05) is 65.7 Å². The second kappa shape index (κ2) is 24.1. The molecule has 24 nitrogen and oxygen atoms in total. The highest BCUT2D eigenvalue weighted by molar-refractivity contribution is 7.99. The number of carbonyl (C=O) groups is 2. The number of hydrogen-bond acceptors (Lipinski definition) is 18. The molecule has 0 spiro atoms. The molecule has 0 radical (unpaired) electrons. The number of amides is 2. The number of anilines is 1. The van der Waals surface area contributed by atoms with Gasteiger partial charge in [0.25, 0.3) is 0 Å². The second-order valence-electron chi connectivity index (χ2n) is 14.7. The summed E-state index contributed by atoms with van der Waals surface area (Å²) in [5.41, 5.74) is 4.30. The number of nitrogens with one attached hydrogen (secondary N) is 2. The number of nitrogens with two attached hydrogens (primary N) is 1.